The van der Waals surface area contributed by atoms with Gasteiger partial charge in [-0.2, -0.15) is 0 Å². The van der Waals surface area contributed by atoms with E-state index in [9.17, 15) is 9.59 Å². The fourth-order valence-corrected chi connectivity index (χ4v) is 3.20. The molecule has 2 amide bonds. The molecule has 2 aliphatic rings. The van der Waals surface area contributed by atoms with Crippen molar-refractivity contribution in [1.29, 1.82) is 0 Å². The van der Waals surface area contributed by atoms with Gasteiger partial charge in [-0.1, -0.05) is 12.1 Å². The van der Waals surface area contributed by atoms with Crippen molar-refractivity contribution in [3.8, 4) is 0 Å². The van der Waals surface area contributed by atoms with Gasteiger partial charge >= 0.3 is 0 Å². The Morgan fingerprint density at radius 3 is 2.33 bits per heavy atom. The van der Waals surface area contributed by atoms with Gasteiger partial charge < -0.3 is 15.1 Å². The molecule has 1 saturated carbocycles. The molecule has 0 radical (unpaired) electrons. The summed E-state index contributed by atoms with van der Waals surface area (Å²) in [5, 5.41) is 2.95. The first-order chi connectivity index (χ1) is 11.5. The highest BCUT2D eigenvalue weighted by atomic mass is 16.2. The monoisotopic (exact) mass is 329 g/mol. The van der Waals surface area contributed by atoms with Gasteiger partial charge in [0.25, 0.3) is 5.91 Å². The fraction of sp³-hybridized carbons (Fsp3) is 0.579. The number of amides is 2. The Labute approximate surface area is 144 Å². The summed E-state index contributed by atoms with van der Waals surface area (Å²) in [6.45, 7) is 2.62. The lowest BCUT2D eigenvalue weighted by atomic mass is 10.0. The van der Waals surface area contributed by atoms with Gasteiger partial charge in [0.05, 0.1) is 0 Å². The van der Waals surface area contributed by atoms with E-state index >= 15 is 0 Å². The average molecular weight is 329 g/mol. The summed E-state index contributed by atoms with van der Waals surface area (Å²) < 4.78 is 0. The zero-order valence-corrected chi connectivity index (χ0v) is 14.6. The number of rotatable bonds is 5. The van der Waals surface area contributed by atoms with E-state index in [0.29, 0.717) is 18.2 Å². The van der Waals surface area contributed by atoms with Crippen LogP contribution in [0.4, 0.5) is 0 Å². The third-order valence-corrected chi connectivity index (χ3v) is 5.17. The van der Waals surface area contributed by atoms with Crippen molar-refractivity contribution in [2.75, 3.05) is 27.2 Å². The third-order valence-electron chi connectivity index (χ3n) is 5.17. The smallest absolute Gasteiger partial charge is 0.253 e. The molecule has 130 valence electrons. The van der Waals surface area contributed by atoms with Gasteiger partial charge in [0, 0.05) is 31.1 Å². The van der Waals surface area contributed by atoms with Crippen LogP contribution in [0.25, 0.3) is 0 Å². The lowest BCUT2D eigenvalue weighted by Crippen LogP contribution is -2.44. The molecular weight excluding hydrogens is 302 g/mol. The van der Waals surface area contributed by atoms with Crippen LogP contribution < -0.4 is 5.32 Å². The minimum absolute atomic E-state index is 0.0816. The molecule has 3 rings (SSSR count). The average Bonchev–Trinajstić information content (AvgIpc) is 3.45. The Morgan fingerprint density at radius 1 is 1.12 bits per heavy atom. The largest absolute Gasteiger partial charge is 0.352 e. The molecule has 1 aromatic rings. The molecule has 0 bridgehead atoms. The highest BCUT2D eigenvalue weighted by molar-refractivity contribution is 5.94. The van der Waals surface area contributed by atoms with Crippen molar-refractivity contribution in [2.45, 2.75) is 38.3 Å². The van der Waals surface area contributed by atoms with Crippen LogP contribution in [0.15, 0.2) is 24.3 Å². The van der Waals surface area contributed by atoms with Crippen LogP contribution in [0.1, 0.15) is 41.6 Å². The van der Waals surface area contributed by atoms with E-state index < -0.39 is 0 Å². The van der Waals surface area contributed by atoms with E-state index in [0.717, 1.165) is 44.3 Å². The van der Waals surface area contributed by atoms with Crippen molar-refractivity contribution in [3.63, 3.8) is 0 Å². The molecule has 1 aliphatic heterocycles. The molecule has 1 aromatic carbocycles. The van der Waals surface area contributed by atoms with Gasteiger partial charge in [-0.05, 0) is 63.5 Å². The van der Waals surface area contributed by atoms with Gasteiger partial charge in [-0.3, -0.25) is 9.59 Å². The minimum Gasteiger partial charge on any atom is -0.352 e. The number of carbonyl (C=O) groups excluding carboxylic acids is 2. The molecule has 0 spiro atoms. The highest BCUT2D eigenvalue weighted by Gasteiger charge is 2.29. The van der Waals surface area contributed by atoms with Crippen LogP contribution in [-0.2, 0) is 11.3 Å². The Hall–Kier alpha value is -1.88. The predicted octanol–water partition coefficient (Wildman–Crippen LogP) is 1.88. The molecule has 0 aromatic heterocycles. The number of likely N-dealkylation sites (tertiary alicyclic amines) is 1. The van der Waals surface area contributed by atoms with Crippen LogP contribution in [0.2, 0.25) is 0 Å². The van der Waals surface area contributed by atoms with Crippen LogP contribution in [0.3, 0.4) is 0 Å². The molecule has 1 saturated heterocycles. The Balaban J connectivity index is 1.53. The van der Waals surface area contributed by atoms with Crippen molar-refractivity contribution < 1.29 is 9.59 Å². The van der Waals surface area contributed by atoms with Crippen LogP contribution >= 0.6 is 0 Å². The van der Waals surface area contributed by atoms with Gasteiger partial charge in [0.1, 0.15) is 0 Å². The van der Waals surface area contributed by atoms with Gasteiger partial charge in [0.15, 0.2) is 0 Å². The summed E-state index contributed by atoms with van der Waals surface area (Å²) >= 11 is 0. The minimum atomic E-state index is 0.0816. The first-order valence-corrected chi connectivity index (χ1v) is 8.87. The maximum atomic E-state index is 12.6. The zero-order valence-electron chi connectivity index (χ0n) is 14.6. The summed E-state index contributed by atoms with van der Waals surface area (Å²) in [5.74, 6) is 0.462. The second-order valence-corrected chi connectivity index (χ2v) is 7.14. The van der Waals surface area contributed by atoms with Crippen molar-refractivity contribution in [3.05, 3.63) is 35.4 Å². The lowest BCUT2D eigenvalue weighted by molar-refractivity contribution is -0.122. The predicted molar refractivity (Wildman–Crippen MR) is 93.6 cm³/mol. The number of nitrogens with one attached hydrogen (secondary N) is 1. The number of hydrogen-bond donors (Lipinski definition) is 1. The first-order valence-electron chi connectivity index (χ1n) is 8.87. The van der Waals surface area contributed by atoms with Crippen LogP contribution in [0, 0.1) is 5.92 Å². The zero-order chi connectivity index (χ0) is 17.1. The summed E-state index contributed by atoms with van der Waals surface area (Å²) in [6, 6.07) is 7.93. The second kappa shape index (κ2) is 7.34. The summed E-state index contributed by atoms with van der Waals surface area (Å²) in [5.41, 5.74) is 1.75. The summed E-state index contributed by atoms with van der Waals surface area (Å²) in [4.78, 5) is 28.5. The number of carbonyl (C=O) groups is 2. The van der Waals surface area contributed by atoms with Crippen LogP contribution in [-0.4, -0.2) is 54.8 Å². The Morgan fingerprint density at radius 2 is 1.75 bits per heavy atom. The van der Waals surface area contributed by atoms with Crippen molar-refractivity contribution >= 4 is 11.8 Å². The maximum Gasteiger partial charge on any atom is 0.253 e. The molecule has 5 nitrogen and oxygen atoms in total. The quantitative estimate of drug-likeness (QED) is 0.897. The van der Waals surface area contributed by atoms with Gasteiger partial charge in [-0.15, -0.1) is 0 Å². The van der Waals surface area contributed by atoms with E-state index in [-0.39, 0.29) is 17.7 Å². The molecule has 1 heterocycles. The van der Waals surface area contributed by atoms with E-state index in [1.807, 2.05) is 36.2 Å². The summed E-state index contributed by atoms with van der Waals surface area (Å²) in [7, 11) is 4.03. The number of nitrogens with zero attached hydrogens (tertiary/aromatic N) is 2. The number of piperidine rings is 1. The van der Waals surface area contributed by atoms with E-state index in [1.165, 1.54) is 0 Å². The fourth-order valence-electron chi connectivity index (χ4n) is 3.20. The van der Waals surface area contributed by atoms with E-state index in [4.69, 9.17) is 0 Å². The Bertz CT molecular complexity index is 587. The Kier molecular flexibility index (Phi) is 5.19. The van der Waals surface area contributed by atoms with Crippen LogP contribution in [0.5, 0.6) is 0 Å². The van der Waals surface area contributed by atoms with Crippen molar-refractivity contribution in [1.82, 2.24) is 15.1 Å². The molecule has 1 N–H and O–H groups in total. The maximum absolute atomic E-state index is 12.6. The van der Waals surface area contributed by atoms with E-state index in [1.54, 1.807) is 0 Å². The lowest BCUT2D eigenvalue weighted by Gasteiger charge is -2.35. The summed E-state index contributed by atoms with van der Waals surface area (Å²) in [6.07, 6.45) is 4.10. The molecule has 5 heteroatoms. The molecule has 2 fully saturated rings. The molecular formula is C19H27N3O2. The van der Waals surface area contributed by atoms with E-state index in [2.05, 4.69) is 17.3 Å². The third kappa shape index (κ3) is 4.15. The van der Waals surface area contributed by atoms with Gasteiger partial charge in [0.2, 0.25) is 5.91 Å². The second-order valence-electron chi connectivity index (χ2n) is 7.14. The highest BCUT2D eigenvalue weighted by Crippen LogP contribution is 2.28. The topological polar surface area (TPSA) is 52.6 Å². The van der Waals surface area contributed by atoms with Crippen molar-refractivity contribution in [2.24, 2.45) is 5.92 Å². The molecule has 24 heavy (non-hydrogen) atoms. The first kappa shape index (κ1) is 17.0. The standard InChI is InChI=1S/C19H27N3O2/c1-21-11-9-17(10-12-21)22(2)19(24)16-5-3-14(4-6-16)13-20-18(23)15-7-8-15/h3-6,15,17H,7-13H2,1-2H3,(H,20,23). The molecule has 1 aliphatic carbocycles. The normalized spacial score (nSPS) is 19.1. The number of benzene rings is 1. The molecule has 0 atom stereocenters. The van der Waals surface area contributed by atoms with Gasteiger partial charge in [-0.25, -0.2) is 0 Å². The SMILES string of the molecule is CN1CCC(N(C)C(=O)c2ccc(CNC(=O)C3CC3)cc2)CC1. The molecule has 0 unspecified atom stereocenters. The number of hydrogen-bond acceptors (Lipinski definition) is 3.